The van der Waals surface area contributed by atoms with Crippen LogP contribution in [0.1, 0.15) is 5.69 Å². The number of hydrogen-bond acceptors (Lipinski definition) is 4. The van der Waals surface area contributed by atoms with E-state index in [-0.39, 0.29) is 16.7 Å². The average Bonchev–Trinajstić information content (AvgIpc) is 3.28. The maximum atomic E-state index is 13.5. The molecule has 6 nitrogen and oxygen atoms in total. The van der Waals surface area contributed by atoms with Crippen LogP contribution in [0, 0.1) is 0 Å². The second-order valence-corrected chi connectivity index (χ2v) is 6.09. The molecule has 9 heteroatoms. The summed E-state index contributed by atoms with van der Waals surface area (Å²) in [4.78, 5) is 4.47. The predicted molar refractivity (Wildman–Crippen MR) is 95.8 cm³/mol. The van der Waals surface area contributed by atoms with Crippen molar-refractivity contribution in [2.75, 3.05) is 5.32 Å². The Morgan fingerprint density at radius 1 is 1.00 bits per heavy atom. The van der Waals surface area contributed by atoms with Gasteiger partial charge in [0.15, 0.2) is 5.82 Å². The molecule has 0 bridgehead atoms. The number of aromatic nitrogens is 5. The molecule has 5 rings (SSSR count). The van der Waals surface area contributed by atoms with E-state index in [9.17, 15) is 13.2 Å². The summed E-state index contributed by atoms with van der Waals surface area (Å²) in [5.74, 6) is 0.245. The summed E-state index contributed by atoms with van der Waals surface area (Å²) >= 11 is 0. The Morgan fingerprint density at radius 3 is 2.70 bits per heavy atom. The molecule has 0 aliphatic rings. The van der Waals surface area contributed by atoms with Crippen molar-refractivity contribution >= 4 is 44.2 Å². The summed E-state index contributed by atoms with van der Waals surface area (Å²) in [6, 6.07) is 12.2. The standard InChI is InChI=1S/C18H11F3N6/c19-18(20,21)16-14-11-3-1-2-4-12(11)24-17(15(14)26-27-16)23-10-6-5-9-8-22-25-13(9)7-10/h1-8H,(H,22,25)(H,23,24)(H,26,27). The molecule has 0 atom stereocenters. The molecule has 0 spiro atoms. The Bertz CT molecular complexity index is 1300. The van der Waals surface area contributed by atoms with Crippen LogP contribution in [0.2, 0.25) is 0 Å². The van der Waals surface area contributed by atoms with Crippen molar-refractivity contribution < 1.29 is 13.2 Å². The van der Waals surface area contributed by atoms with Gasteiger partial charge in [-0.2, -0.15) is 23.4 Å². The molecule has 3 aromatic heterocycles. The van der Waals surface area contributed by atoms with E-state index in [1.807, 2.05) is 12.1 Å². The SMILES string of the molecule is FC(F)(F)c1[nH]nc2c(Nc3ccc4cn[nH]c4c3)nc3ccccc3c12. The molecule has 134 valence electrons. The lowest BCUT2D eigenvalue weighted by molar-refractivity contribution is -0.139. The maximum absolute atomic E-state index is 13.5. The molecule has 0 amide bonds. The van der Waals surface area contributed by atoms with Gasteiger partial charge in [-0.25, -0.2) is 4.98 Å². The highest BCUT2D eigenvalue weighted by Crippen LogP contribution is 2.39. The van der Waals surface area contributed by atoms with Gasteiger partial charge in [0.25, 0.3) is 0 Å². The Balaban J connectivity index is 1.74. The number of hydrogen-bond donors (Lipinski definition) is 3. The molecule has 0 aliphatic carbocycles. The van der Waals surface area contributed by atoms with Crippen LogP contribution in [0.25, 0.3) is 32.7 Å². The molecule has 0 saturated heterocycles. The number of H-pyrrole nitrogens is 2. The monoisotopic (exact) mass is 368 g/mol. The number of alkyl halides is 3. The molecule has 0 aliphatic heterocycles. The summed E-state index contributed by atoms with van der Waals surface area (Å²) < 4.78 is 40.4. The van der Waals surface area contributed by atoms with E-state index < -0.39 is 11.9 Å². The number of para-hydroxylation sites is 1. The molecule has 27 heavy (non-hydrogen) atoms. The van der Waals surface area contributed by atoms with Crippen molar-refractivity contribution in [3.05, 3.63) is 54.4 Å². The third-order valence-electron chi connectivity index (χ3n) is 4.38. The lowest BCUT2D eigenvalue weighted by atomic mass is 10.1. The summed E-state index contributed by atoms with van der Waals surface area (Å²) in [5.41, 5.74) is 1.15. The molecule has 0 unspecified atom stereocenters. The largest absolute Gasteiger partial charge is 0.433 e. The minimum absolute atomic E-state index is 0.00165. The van der Waals surface area contributed by atoms with Gasteiger partial charge in [-0.3, -0.25) is 10.2 Å². The number of anilines is 2. The summed E-state index contributed by atoms with van der Waals surface area (Å²) in [5, 5.41) is 17.2. The summed E-state index contributed by atoms with van der Waals surface area (Å²) in [6.45, 7) is 0. The first-order valence-electron chi connectivity index (χ1n) is 8.05. The van der Waals surface area contributed by atoms with E-state index in [1.54, 1.807) is 36.5 Å². The predicted octanol–water partition coefficient (Wildman–Crippen LogP) is 4.75. The van der Waals surface area contributed by atoms with Crippen LogP contribution in [0.15, 0.2) is 48.7 Å². The van der Waals surface area contributed by atoms with Crippen LogP contribution in [0.4, 0.5) is 24.7 Å². The number of halogens is 3. The van der Waals surface area contributed by atoms with Crippen molar-refractivity contribution in [2.45, 2.75) is 6.18 Å². The van der Waals surface area contributed by atoms with E-state index in [2.05, 4.69) is 30.7 Å². The number of aromatic amines is 2. The van der Waals surface area contributed by atoms with Gasteiger partial charge in [0.1, 0.15) is 11.2 Å². The zero-order valence-electron chi connectivity index (χ0n) is 13.6. The first kappa shape index (κ1) is 15.6. The number of nitrogens with one attached hydrogen (secondary N) is 3. The smallest absolute Gasteiger partial charge is 0.338 e. The highest BCUT2D eigenvalue weighted by molar-refractivity contribution is 6.10. The summed E-state index contributed by atoms with van der Waals surface area (Å²) in [6.07, 6.45) is -2.86. The Kier molecular flexibility index (Phi) is 3.15. The van der Waals surface area contributed by atoms with Crippen LogP contribution in [0.5, 0.6) is 0 Å². The Labute approximate surface area is 149 Å². The number of fused-ring (bicyclic) bond motifs is 4. The second-order valence-electron chi connectivity index (χ2n) is 6.09. The molecule has 5 aromatic rings. The molecule has 3 N–H and O–H groups in total. The van der Waals surface area contributed by atoms with Crippen LogP contribution in [-0.2, 0) is 6.18 Å². The fraction of sp³-hybridized carbons (Fsp3) is 0.0556. The Morgan fingerprint density at radius 2 is 1.85 bits per heavy atom. The second kappa shape index (κ2) is 5.44. The van der Waals surface area contributed by atoms with Gasteiger partial charge in [-0.1, -0.05) is 18.2 Å². The summed E-state index contributed by atoms with van der Waals surface area (Å²) in [7, 11) is 0. The van der Waals surface area contributed by atoms with Crippen molar-refractivity contribution in [1.82, 2.24) is 25.4 Å². The van der Waals surface area contributed by atoms with E-state index in [0.717, 1.165) is 10.9 Å². The van der Waals surface area contributed by atoms with E-state index in [4.69, 9.17) is 0 Å². The van der Waals surface area contributed by atoms with Gasteiger partial charge in [0.2, 0.25) is 0 Å². The van der Waals surface area contributed by atoms with Crippen molar-refractivity contribution in [2.24, 2.45) is 0 Å². The topological polar surface area (TPSA) is 82.3 Å². The lowest BCUT2D eigenvalue weighted by Gasteiger charge is -2.10. The number of rotatable bonds is 2. The van der Waals surface area contributed by atoms with E-state index >= 15 is 0 Å². The van der Waals surface area contributed by atoms with Crippen molar-refractivity contribution in [1.29, 1.82) is 0 Å². The number of nitrogens with zero attached hydrogens (tertiary/aromatic N) is 3. The molecular formula is C18H11F3N6. The average molecular weight is 368 g/mol. The van der Waals surface area contributed by atoms with E-state index in [0.29, 0.717) is 16.6 Å². The molecule has 0 saturated carbocycles. The number of pyridine rings is 1. The Hall–Kier alpha value is -3.62. The zero-order chi connectivity index (χ0) is 18.6. The quantitative estimate of drug-likeness (QED) is 0.420. The zero-order valence-corrected chi connectivity index (χ0v) is 13.6. The van der Waals surface area contributed by atoms with Gasteiger partial charge in [-0.05, 0) is 24.3 Å². The molecule has 0 radical (unpaired) electrons. The fourth-order valence-corrected chi connectivity index (χ4v) is 3.18. The van der Waals surface area contributed by atoms with Crippen LogP contribution in [-0.4, -0.2) is 25.4 Å². The minimum Gasteiger partial charge on any atom is -0.338 e. The highest BCUT2D eigenvalue weighted by Gasteiger charge is 2.36. The molecule has 3 heterocycles. The van der Waals surface area contributed by atoms with Crippen molar-refractivity contribution in [3.8, 4) is 0 Å². The van der Waals surface area contributed by atoms with Crippen LogP contribution in [0.3, 0.4) is 0 Å². The first-order valence-corrected chi connectivity index (χ1v) is 8.05. The fourth-order valence-electron chi connectivity index (χ4n) is 3.18. The molecular weight excluding hydrogens is 357 g/mol. The van der Waals surface area contributed by atoms with Gasteiger partial charge in [0.05, 0.1) is 17.2 Å². The first-order chi connectivity index (χ1) is 13.0. The molecule has 2 aromatic carbocycles. The third kappa shape index (κ3) is 2.47. The van der Waals surface area contributed by atoms with Gasteiger partial charge < -0.3 is 5.32 Å². The maximum Gasteiger partial charge on any atom is 0.433 e. The third-order valence-corrected chi connectivity index (χ3v) is 4.38. The van der Waals surface area contributed by atoms with Crippen molar-refractivity contribution in [3.63, 3.8) is 0 Å². The minimum atomic E-state index is -4.55. The lowest BCUT2D eigenvalue weighted by Crippen LogP contribution is -2.06. The van der Waals surface area contributed by atoms with E-state index in [1.165, 1.54) is 0 Å². The van der Waals surface area contributed by atoms with Gasteiger partial charge in [-0.15, -0.1) is 0 Å². The highest BCUT2D eigenvalue weighted by atomic mass is 19.4. The van der Waals surface area contributed by atoms with Gasteiger partial charge in [0, 0.05) is 21.8 Å². The van der Waals surface area contributed by atoms with Crippen LogP contribution < -0.4 is 5.32 Å². The molecule has 0 fully saturated rings. The van der Waals surface area contributed by atoms with Gasteiger partial charge >= 0.3 is 6.18 Å². The number of benzene rings is 2. The van der Waals surface area contributed by atoms with Crippen LogP contribution >= 0.6 is 0 Å². The normalized spacial score (nSPS) is 12.3.